The minimum atomic E-state index is -0.584. The number of ether oxygens (including phenoxy) is 2. The van der Waals surface area contributed by atoms with Crippen molar-refractivity contribution in [1.29, 1.82) is 0 Å². The van der Waals surface area contributed by atoms with Crippen molar-refractivity contribution in [2.45, 2.75) is 59.2 Å². The third-order valence-electron chi connectivity index (χ3n) is 4.10. The van der Waals surface area contributed by atoms with E-state index in [1.54, 1.807) is 26.8 Å². The molecule has 0 saturated carbocycles. The average molecular weight is 398 g/mol. The lowest BCUT2D eigenvalue weighted by Gasteiger charge is -2.24. The Bertz CT molecular complexity index is 845. The molecule has 1 N–H and O–H groups in total. The second-order valence-corrected chi connectivity index (χ2v) is 9.00. The molecule has 0 aliphatic carbocycles. The van der Waals surface area contributed by atoms with Crippen LogP contribution >= 0.6 is 0 Å². The molecule has 0 aliphatic rings. The summed E-state index contributed by atoms with van der Waals surface area (Å²) in [5, 5.41) is 2.62. The lowest BCUT2D eigenvalue weighted by Crippen LogP contribution is -2.34. The van der Waals surface area contributed by atoms with Crippen molar-refractivity contribution >= 4 is 11.9 Å². The molecule has 5 nitrogen and oxygen atoms in total. The standard InChI is InChI=1S/C24H31NO4/c1-23(2,3)19-14-18(22(27)25-15-21(26)29-24(4,5)6)12-13-20(19)28-16-17-10-8-7-9-11-17/h7-14H,15-16H2,1-6H3,(H,25,27). The van der Waals surface area contributed by atoms with Crippen LogP contribution in [0, 0.1) is 0 Å². The number of amides is 1. The summed E-state index contributed by atoms with van der Waals surface area (Å²) in [6.45, 7) is 11.9. The fraction of sp³-hybridized carbons (Fsp3) is 0.417. The quantitative estimate of drug-likeness (QED) is 0.722. The molecule has 0 aromatic heterocycles. The Balaban J connectivity index is 2.11. The Morgan fingerprint density at radius 2 is 1.59 bits per heavy atom. The van der Waals surface area contributed by atoms with Crippen molar-refractivity contribution in [1.82, 2.24) is 5.32 Å². The van der Waals surface area contributed by atoms with E-state index in [4.69, 9.17) is 9.47 Å². The first-order valence-corrected chi connectivity index (χ1v) is 9.77. The van der Waals surface area contributed by atoms with E-state index in [1.807, 2.05) is 42.5 Å². The molecule has 0 radical (unpaired) electrons. The number of esters is 1. The van der Waals surface area contributed by atoms with Gasteiger partial charge in [-0.25, -0.2) is 0 Å². The summed E-state index contributed by atoms with van der Waals surface area (Å²) in [5.41, 5.74) is 1.68. The van der Waals surface area contributed by atoms with E-state index >= 15 is 0 Å². The number of benzene rings is 2. The molecular formula is C24H31NO4. The Morgan fingerprint density at radius 1 is 0.931 bits per heavy atom. The van der Waals surface area contributed by atoms with E-state index in [9.17, 15) is 9.59 Å². The molecule has 0 aliphatic heterocycles. The molecule has 0 atom stereocenters. The zero-order valence-corrected chi connectivity index (χ0v) is 18.2. The average Bonchev–Trinajstić information content (AvgIpc) is 2.63. The highest BCUT2D eigenvalue weighted by atomic mass is 16.6. The van der Waals surface area contributed by atoms with E-state index < -0.39 is 11.6 Å². The van der Waals surface area contributed by atoms with Gasteiger partial charge in [-0.05, 0) is 49.9 Å². The molecule has 2 aromatic carbocycles. The van der Waals surface area contributed by atoms with Gasteiger partial charge in [-0.2, -0.15) is 0 Å². The lowest BCUT2D eigenvalue weighted by molar-refractivity contribution is -0.153. The van der Waals surface area contributed by atoms with Gasteiger partial charge in [-0.1, -0.05) is 51.1 Å². The van der Waals surface area contributed by atoms with Gasteiger partial charge in [0, 0.05) is 11.1 Å². The highest BCUT2D eigenvalue weighted by molar-refractivity contribution is 5.96. The summed E-state index contributed by atoms with van der Waals surface area (Å²) in [4.78, 5) is 24.4. The van der Waals surface area contributed by atoms with Gasteiger partial charge < -0.3 is 14.8 Å². The van der Waals surface area contributed by atoms with Gasteiger partial charge in [-0.15, -0.1) is 0 Å². The maximum atomic E-state index is 12.5. The number of carbonyl (C=O) groups excluding carboxylic acids is 2. The molecule has 0 saturated heterocycles. The fourth-order valence-corrected chi connectivity index (χ4v) is 2.75. The lowest BCUT2D eigenvalue weighted by atomic mass is 9.85. The van der Waals surface area contributed by atoms with Crippen LogP contribution in [0.5, 0.6) is 5.75 Å². The van der Waals surface area contributed by atoms with Crippen LogP contribution in [-0.4, -0.2) is 24.0 Å². The van der Waals surface area contributed by atoms with Crippen LogP contribution in [-0.2, 0) is 21.6 Å². The topological polar surface area (TPSA) is 64.6 Å². The SMILES string of the molecule is CC(C)(C)OC(=O)CNC(=O)c1ccc(OCc2ccccc2)c(C(C)(C)C)c1. The predicted molar refractivity (Wildman–Crippen MR) is 114 cm³/mol. The van der Waals surface area contributed by atoms with E-state index in [-0.39, 0.29) is 17.9 Å². The van der Waals surface area contributed by atoms with Gasteiger partial charge >= 0.3 is 5.97 Å². The van der Waals surface area contributed by atoms with Gasteiger partial charge in [0.25, 0.3) is 5.91 Å². The molecule has 2 aromatic rings. The first kappa shape index (κ1) is 22.5. The maximum absolute atomic E-state index is 12.5. The first-order chi connectivity index (χ1) is 13.5. The van der Waals surface area contributed by atoms with Crippen molar-refractivity contribution in [3.8, 4) is 5.75 Å². The second-order valence-electron chi connectivity index (χ2n) is 9.00. The molecular weight excluding hydrogens is 366 g/mol. The molecule has 0 spiro atoms. The van der Waals surface area contributed by atoms with Crippen molar-refractivity contribution in [2.24, 2.45) is 0 Å². The summed E-state index contributed by atoms with van der Waals surface area (Å²) < 4.78 is 11.3. The van der Waals surface area contributed by atoms with Crippen molar-refractivity contribution in [3.05, 3.63) is 65.2 Å². The van der Waals surface area contributed by atoms with Crippen LogP contribution in [0.1, 0.15) is 63.0 Å². The minimum Gasteiger partial charge on any atom is -0.489 e. The van der Waals surface area contributed by atoms with E-state index in [1.165, 1.54) is 0 Å². The molecule has 0 bridgehead atoms. The fourth-order valence-electron chi connectivity index (χ4n) is 2.75. The Labute approximate surface area is 173 Å². The zero-order valence-electron chi connectivity index (χ0n) is 18.2. The molecule has 29 heavy (non-hydrogen) atoms. The summed E-state index contributed by atoms with van der Waals surface area (Å²) >= 11 is 0. The van der Waals surface area contributed by atoms with Gasteiger partial charge in [0.1, 0.15) is 24.5 Å². The highest BCUT2D eigenvalue weighted by Gasteiger charge is 2.22. The molecule has 0 unspecified atom stereocenters. The van der Waals surface area contributed by atoms with Crippen LogP contribution < -0.4 is 10.1 Å². The first-order valence-electron chi connectivity index (χ1n) is 9.77. The van der Waals surface area contributed by atoms with Gasteiger partial charge in [-0.3, -0.25) is 9.59 Å². The largest absolute Gasteiger partial charge is 0.489 e. The minimum absolute atomic E-state index is 0.173. The van der Waals surface area contributed by atoms with Crippen LogP contribution in [0.2, 0.25) is 0 Å². The summed E-state index contributed by atoms with van der Waals surface area (Å²) in [6.07, 6.45) is 0. The number of hydrogen-bond donors (Lipinski definition) is 1. The maximum Gasteiger partial charge on any atom is 0.325 e. The molecule has 156 valence electrons. The van der Waals surface area contributed by atoms with Crippen LogP contribution in [0.4, 0.5) is 0 Å². The zero-order chi connectivity index (χ0) is 21.7. The highest BCUT2D eigenvalue weighted by Crippen LogP contribution is 2.32. The summed E-state index contributed by atoms with van der Waals surface area (Å²) in [5.74, 6) is -0.0503. The van der Waals surface area contributed by atoms with Crippen molar-refractivity contribution < 1.29 is 19.1 Å². The third-order valence-corrected chi connectivity index (χ3v) is 4.10. The predicted octanol–water partition coefficient (Wildman–Crippen LogP) is 4.63. The number of carbonyl (C=O) groups is 2. The Morgan fingerprint density at radius 3 is 2.17 bits per heavy atom. The molecule has 1 amide bonds. The van der Waals surface area contributed by atoms with Gasteiger partial charge in [0.2, 0.25) is 0 Å². The number of rotatable bonds is 6. The van der Waals surface area contributed by atoms with Gasteiger partial charge in [0.05, 0.1) is 0 Å². The smallest absolute Gasteiger partial charge is 0.325 e. The van der Waals surface area contributed by atoms with E-state index in [0.717, 1.165) is 16.9 Å². The van der Waals surface area contributed by atoms with Crippen molar-refractivity contribution in [2.75, 3.05) is 6.54 Å². The molecule has 0 fully saturated rings. The van der Waals surface area contributed by atoms with Crippen LogP contribution in [0.3, 0.4) is 0 Å². The summed E-state index contributed by atoms with van der Waals surface area (Å²) in [6, 6.07) is 15.3. The van der Waals surface area contributed by atoms with Gasteiger partial charge in [0.15, 0.2) is 0 Å². The van der Waals surface area contributed by atoms with Crippen LogP contribution in [0.15, 0.2) is 48.5 Å². The van der Waals surface area contributed by atoms with E-state index in [2.05, 4.69) is 26.1 Å². The number of hydrogen-bond acceptors (Lipinski definition) is 4. The third kappa shape index (κ3) is 7.26. The summed E-state index contributed by atoms with van der Waals surface area (Å²) in [7, 11) is 0. The number of nitrogens with one attached hydrogen (secondary N) is 1. The van der Waals surface area contributed by atoms with Crippen LogP contribution in [0.25, 0.3) is 0 Å². The Hall–Kier alpha value is -2.82. The van der Waals surface area contributed by atoms with E-state index in [0.29, 0.717) is 12.2 Å². The molecule has 5 heteroatoms. The second kappa shape index (κ2) is 9.12. The van der Waals surface area contributed by atoms with Crippen molar-refractivity contribution in [3.63, 3.8) is 0 Å². The normalized spacial score (nSPS) is 11.7. The Kier molecular flexibility index (Phi) is 7.07. The molecule has 2 rings (SSSR count). The monoisotopic (exact) mass is 397 g/mol. The molecule has 0 heterocycles.